The number of ether oxygens (including phenoxy) is 1. The molecule has 2 saturated carbocycles. The molecule has 0 unspecified atom stereocenters. The number of nitrogens with zero attached hydrogens (tertiary/aromatic N) is 2. The Morgan fingerprint density at radius 3 is 2.62 bits per heavy atom. The van der Waals surface area contributed by atoms with Gasteiger partial charge in [0.15, 0.2) is 0 Å². The van der Waals surface area contributed by atoms with Crippen LogP contribution >= 0.6 is 0 Å². The summed E-state index contributed by atoms with van der Waals surface area (Å²) in [6.45, 7) is 0. The molecule has 5 nitrogen and oxygen atoms in total. The minimum atomic E-state index is 0.518. The topological polar surface area (TPSA) is 59.1 Å². The molecule has 0 bridgehead atoms. The lowest BCUT2D eigenvalue weighted by atomic mass is 10.2. The summed E-state index contributed by atoms with van der Waals surface area (Å²) in [5.74, 6) is 3.04. The molecule has 126 valence electrons. The van der Waals surface area contributed by atoms with E-state index in [0.717, 1.165) is 28.9 Å². The van der Waals surface area contributed by atoms with Crippen LogP contribution in [0.25, 0.3) is 0 Å². The summed E-state index contributed by atoms with van der Waals surface area (Å²) in [7, 11) is 1.68. The second-order valence-corrected chi connectivity index (χ2v) is 6.76. The number of rotatable bonds is 6. The molecule has 0 atom stereocenters. The quantitative estimate of drug-likeness (QED) is 0.821. The van der Waals surface area contributed by atoms with E-state index < -0.39 is 0 Å². The lowest BCUT2D eigenvalue weighted by molar-refractivity contribution is 0.415. The van der Waals surface area contributed by atoms with Crippen LogP contribution in [0.2, 0.25) is 0 Å². The molecule has 5 heteroatoms. The SMILES string of the molecule is COc1cccc(Nc2cc(C3CC3)nc(NC3CCCC3)n2)c1. The van der Waals surface area contributed by atoms with Crippen molar-refractivity contribution >= 4 is 17.5 Å². The smallest absolute Gasteiger partial charge is 0.225 e. The Bertz CT molecular complexity index is 708. The molecular formula is C19H24N4O. The van der Waals surface area contributed by atoms with E-state index in [-0.39, 0.29) is 0 Å². The fraction of sp³-hybridized carbons (Fsp3) is 0.474. The van der Waals surface area contributed by atoms with Gasteiger partial charge in [0.1, 0.15) is 11.6 Å². The number of benzene rings is 1. The van der Waals surface area contributed by atoms with Gasteiger partial charge in [-0.2, -0.15) is 4.98 Å². The van der Waals surface area contributed by atoms with Crippen molar-refractivity contribution in [2.24, 2.45) is 0 Å². The van der Waals surface area contributed by atoms with Gasteiger partial charge in [-0.05, 0) is 37.8 Å². The van der Waals surface area contributed by atoms with Crippen LogP contribution in [0.15, 0.2) is 30.3 Å². The molecule has 2 aliphatic carbocycles. The van der Waals surface area contributed by atoms with Crippen LogP contribution in [0.4, 0.5) is 17.5 Å². The monoisotopic (exact) mass is 324 g/mol. The van der Waals surface area contributed by atoms with Crippen molar-refractivity contribution in [1.82, 2.24) is 9.97 Å². The predicted molar refractivity (Wildman–Crippen MR) is 96.2 cm³/mol. The minimum absolute atomic E-state index is 0.518. The van der Waals surface area contributed by atoms with Gasteiger partial charge in [0.05, 0.1) is 12.8 Å². The third-order valence-electron chi connectivity index (χ3n) is 4.77. The van der Waals surface area contributed by atoms with E-state index in [2.05, 4.69) is 21.7 Å². The Kier molecular flexibility index (Phi) is 4.24. The molecule has 2 aliphatic rings. The van der Waals surface area contributed by atoms with Crippen LogP contribution in [-0.4, -0.2) is 23.1 Å². The first-order valence-electron chi connectivity index (χ1n) is 8.87. The molecule has 0 aliphatic heterocycles. The van der Waals surface area contributed by atoms with Gasteiger partial charge >= 0.3 is 0 Å². The van der Waals surface area contributed by atoms with Gasteiger partial charge in [0.25, 0.3) is 0 Å². The molecule has 0 radical (unpaired) electrons. The fourth-order valence-electron chi connectivity index (χ4n) is 3.28. The van der Waals surface area contributed by atoms with Crippen LogP contribution in [0.5, 0.6) is 5.75 Å². The zero-order valence-electron chi connectivity index (χ0n) is 14.1. The van der Waals surface area contributed by atoms with Crippen LogP contribution in [-0.2, 0) is 0 Å². The Hall–Kier alpha value is -2.30. The molecule has 2 aromatic rings. The molecule has 1 aromatic carbocycles. The van der Waals surface area contributed by atoms with Crippen molar-refractivity contribution in [3.63, 3.8) is 0 Å². The molecule has 2 N–H and O–H groups in total. The normalized spacial score (nSPS) is 17.7. The average molecular weight is 324 g/mol. The van der Waals surface area contributed by atoms with Gasteiger partial charge in [-0.3, -0.25) is 0 Å². The fourth-order valence-corrected chi connectivity index (χ4v) is 3.28. The Labute approximate surface area is 142 Å². The van der Waals surface area contributed by atoms with E-state index in [1.54, 1.807) is 7.11 Å². The van der Waals surface area contributed by atoms with Gasteiger partial charge in [0.2, 0.25) is 5.95 Å². The van der Waals surface area contributed by atoms with E-state index >= 15 is 0 Å². The maximum atomic E-state index is 5.29. The summed E-state index contributed by atoms with van der Waals surface area (Å²) >= 11 is 0. The summed E-state index contributed by atoms with van der Waals surface area (Å²) in [5.41, 5.74) is 2.12. The van der Waals surface area contributed by atoms with Crippen molar-refractivity contribution in [3.05, 3.63) is 36.0 Å². The molecule has 0 saturated heterocycles. The summed E-state index contributed by atoms with van der Waals surface area (Å²) < 4.78 is 5.29. The van der Waals surface area contributed by atoms with Crippen molar-refractivity contribution in [3.8, 4) is 5.75 Å². The number of aromatic nitrogens is 2. The zero-order valence-corrected chi connectivity index (χ0v) is 14.1. The van der Waals surface area contributed by atoms with E-state index in [1.165, 1.54) is 38.5 Å². The Balaban J connectivity index is 1.57. The zero-order chi connectivity index (χ0) is 16.4. The van der Waals surface area contributed by atoms with Crippen LogP contribution in [0, 0.1) is 0 Å². The molecule has 1 aromatic heterocycles. The molecular weight excluding hydrogens is 300 g/mol. The molecule has 1 heterocycles. The number of methoxy groups -OCH3 is 1. The highest BCUT2D eigenvalue weighted by Crippen LogP contribution is 2.40. The number of anilines is 3. The van der Waals surface area contributed by atoms with Gasteiger partial charge in [-0.15, -0.1) is 0 Å². The van der Waals surface area contributed by atoms with Crippen LogP contribution < -0.4 is 15.4 Å². The van der Waals surface area contributed by atoms with Gasteiger partial charge in [-0.1, -0.05) is 18.9 Å². The molecule has 24 heavy (non-hydrogen) atoms. The first-order chi connectivity index (χ1) is 11.8. The van der Waals surface area contributed by atoms with E-state index in [0.29, 0.717) is 12.0 Å². The van der Waals surface area contributed by atoms with Crippen LogP contribution in [0.1, 0.15) is 50.1 Å². The Morgan fingerprint density at radius 2 is 1.88 bits per heavy atom. The lowest BCUT2D eigenvalue weighted by Gasteiger charge is -2.15. The van der Waals surface area contributed by atoms with Crippen molar-refractivity contribution in [1.29, 1.82) is 0 Å². The second kappa shape index (κ2) is 6.67. The highest BCUT2D eigenvalue weighted by molar-refractivity contribution is 5.59. The maximum absolute atomic E-state index is 5.29. The first-order valence-corrected chi connectivity index (χ1v) is 8.87. The average Bonchev–Trinajstić information content (AvgIpc) is 3.33. The molecule has 4 rings (SSSR count). The van der Waals surface area contributed by atoms with Gasteiger partial charge in [-0.25, -0.2) is 4.98 Å². The highest BCUT2D eigenvalue weighted by Gasteiger charge is 2.26. The van der Waals surface area contributed by atoms with Crippen molar-refractivity contribution < 1.29 is 4.74 Å². The molecule has 2 fully saturated rings. The summed E-state index contributed by atoms with van der Waals surface area (Å²) in [4.78, 5) is 9.43. The summed E-state index contributed by atoms with van der Waals surface area (Å²) in [6, 6.07) is 10.5. The number of hydrogen-bond donors (Lipinski definition) is 2. The number of nitrogens with one attached hydrogen (secondary N) is 2. The predicted octanol–water partition coefficient (Wildman–Crippen LogP) is 4.46. The highest BCUT2D eigenvalue weighted by atomic mass is 16.5. The summed E-state index contributed by atoms with van der Waals surface area (Å²) in [5, 5.41) is 6.92. The minimum Gasteiger partial charge on any atom is -0.497 e. The summed E-state index contributed by atoms with van der Waals surface area (Å²) in [6.07, 6.45) is 7.51. The van der Waals surface area contributed by atoms with Gasteiger partial charge < -0.3 is 15.4 Å². The Morgan fingerprint density at radius 1 is 1.04 bits per heavy atom. The number of hydrogen-bond acceptors (Lipinski definition) is 5. The van der Waals surface area contributed by atoms with Crippen molar-refractivity contribution in [2.45, 2.75) is 50.5 Å². The van der Waals surface area contributed by atoms with Gasteiger partial charge in [0, 0.05) is 29.8 Å². The van der Waals surface area contributed by atoms with E-state index in [1.807, 2.05) is 24.3 Å². The lowest BCUT2D eigenvalue weighted by Crippen LogP contribution is -2.17. The third kappa shape index (κ3) is 3.61. The van der Waals surface area contributed by atoms with Crippen molar-refractivity contribution in [2.75, 3.05) is 17.7 Å². The van der Waals surface area contributed by atoms with Crippen LogP contribution in [0.3, 0.4) is 0 Å². The first kappa shape index (κ1) is 15.2. The van der Waals surface area contributed by atoms with E-state index in [9.17, 15) is 0 Å². The standard InChI is InChI=1S/C19H24N4O/c1-24-16-8-4-7-15(11-16)20-18-12-17(13-9-10-13)22-19(23-18)21-14-5-2-3-6-14/h4,7-8,11-14H,2-3,5-6,9-10H2,1H3,(H2,20,21,22,23). The third-order valence-corrected chi connectivity index (χ3v) is 4.77. The molecule has 0 amide bonds. The largest absolute Gasteiger partial charge is 0.497 e. The second-order valence-electron chi connectivity index (χ2n) is 6.76. The maximum Gasteiger partial charge on any atom is 0.225 e. The van der Waals surface area contributed by atoms with E-state index in [4.69, 9.17) is 9.72 Å². The molecule has 0 spiro atoms.